The normalized spacial score (nSPS) is 13.2. The van der Waals surface area contributed by atoms with Gasteiger partial charge in [-0.15, -0.1) is 0 Å². The topological polar surface area (TPSA) is 130 Å². The van der Waals surface area contributed by atoms with E-state index in [1.165, 1.54) is 24.3 Å². The first-order valence-electron chi connectivity index (χ1n) is 6.94. The van der Waals surface area contributed by atoms with E-state index in [0.29, 0.717) is 6.42 Å². The van der Waals surface area contributed by atoms with Crippen LogP contribution >= 0.6 is 0 Å². The van der Waals surface area contributed by atoms with E-state index in [1.807, 2.05) is 6.92 Å². The lowest BCUT2D eigenvalue weighted by molar-refractivity contribution is -0.143. The molecule has 1 amide bonds. The van der Waals surface area contributed by atoms with Gasteiger partial charge in [0.15, 0.2) is 0 Å². The summed E-state index contributed by atoms with van der Waals surface area (Å²) in [6.07, 6.45) is 1.62. The molecule has 7 heteroatoms. The highest BCUT2D eigenvalue weighted by atomic mass is 16.4. The van der Waals surface area contributed by atoms with E-state index < -0.39 is 23.4 Å². The van der Waals surface area contributed by atoms with Gasteiger partial charge in [0.1, 0.15) is 5.54 Å². The molecule has 0 aliphatic rings. The number of carbonyl (C=O) groups excluding carboxylic acids is 1. The zero-order valence-corrected chi connectivity index (χ0v) is 12.3. The van der Waals surface area contributed by atoms with Crippen molar-refractivity contribution in [1.82, 2.24) is 5.32 Å². The minimum absolute atomic E-state index is 0.0294. The van der Waals surface area contributed by atoms with E-state index in [-0.39, 0.29) is 24.1 Å². The van der Waals surface area contributed by atoms with Crippen molar-refractivity contribution in [2.45, 2.75) is 31.7 Å². The number of rotatable bonds is 8. The summed E-state index contributed by atoms with van der Waals surface area (Å²) in [5, 5.41) is 20.7. The SMILES string of the molecule is CCCC[C@](N)(CNC(=O)c1ccccc1C(=O)O)C(=O)O. The van der Waals surface area contributed by atoms with Crippen LogP contribution in [-0.2, 0) is 4.79 Å². The molecule has 1 rings (SSSR count). The fraction of sp³-hybridized carbons (Fsp3) is 0.400. The van der Waals surface area contributed by atoms with Gasteiger partial charge in [0.2, 0.25) is 0 Å². The van der Waals surface area contributed by atoms with Gasteiger partial charge >= 0.3 is 11.9 Å². The predicted molar refractivity (Wildman–Crippen MR) is 79.8 cm³/mol. The summed E-state index contributed by atoms with van der Waals surface area (Å²) in [5.74, 6) is -3.09. The Morgan fingerprint density at radius 3 is 2.27 bits per heavy atom. The van der Waals surface area contributed by atoms with Crippen LogP contribution in [0.3, 0.4) is 0 Å². The van der Waals surface area contributed by atoms with Crippen LogP contribution in [0.15, 0.2) is 24.3 Å². The van der Waals surface area contributed by atoms with Crippen LogP contribution in [0.1, 0.15) is 46.9 Å². The molecule has 0 unspecified atom stereocenters. The quantitative estimate of drug-likeness (QED) is 0.568. The summed E-state index contributed by atoms with van der Waals surface area (Å²) in [7, 11) is 0. The van der Waals surface area contributed by atoms with Crippen molar-refractivity contribution in [1.29, 1.82) is 0 Å². The number of benzene rings is 1. The first-order chi connectivity index (χ1) is 10.3. The van der Waals surface area contributed by atoms with E-state index in [4.69, 9.17) is 10.8 Å². The Balaban J connectivity index is 2.84. The first-order valence-corrected chi connectivity index (χ1v) is 6.94. The third-order valence-corrected chi connectivity index (χ3v) is 3.37. The van der Waals surface area contributed by atoms with Crippen molar-refractivity contribution in [2.24, 2.45) is 5.73 Å². The van der Waals surface area contributed by atoms with Crippen LogP contribution in [0.25, 0.3) is 0 Å². The van der Waals surface area contributed by atoms with Gasteiger partial charge in [0, 0.05) is 6.54 Å². The van der Waals surface area contributed by atoms with Gasteiger partial charge in [-0.1, -0.05) is 31.9 Å². The molecular formula is C15H20N2O5. The number of aliphatic carboxylic acids is 1. The van der Waals surface area contributed by atoms with Gasteiger partial charge in [0.05, 0.1) is 11.1 Å². The highest BCUT2D eigenvalue weighted by Crippen LogP contribution is 2.13. The Labute approximate surface area is 128 Å². The molecule has 1 atom stereocenters. The van der Waals surface area contributed by atoms with Crippen molar-refractivity contribution in [3.05, 3.63) is 35.4 Å². The third kappa shape index (κ3) is 4.29. The molecule has 0 heterocycles. The van der Waals surface area contributed by atoms with E-state index in [1.54, 1.807) is 0 Å². The number of carbonyl (C=O) groups is 3. The second-order valence-electron chi connectivity index (χ2n) is 5.10. The minimum atomic E-state index is -1.57. The maximum Gasteiger partial charge on any atom is 0.336 e. The summed E-state index contributed by atoms with van der Waals surface area (Å²) in [6.45, 7) is 1.64. The molecule has 0 aliphatic heterocycles. The van der Waals surface area contributed by atoms with Crippen molar-refractivity contribution in [2.75, 3.05) is 6.54 Å². The average molecular weight is 308 g/mol. The number of nitrogens with one attached hydrogen (secondary N) is 1. The number of aromatic carboxylic acids is 1. The lowest BCUT2D eigenvalue weighted by Gasteiger charge is -2.25. The number of amides is 1. The van der Waals surface area contributed by atoms with Crippen molar-refractivity contribution < 1.29 is 24.6 Å². The molecule has 0 aliphatic carbocycles. The smallest absolute Gasteiger partial charge is 0.336 e. The monoisotopic (exact) mass is 308 g/mol. The van der Waals surface area contributed by atoms with E-state index in [0.717, 1.165) is 6.42 Å². The Bertz CT molecular complexity index is 573. The van der Waals surface area contributed by atoms with Crippen molar-refractivity contribution in [3.8, 4) is 0 Å². The second-order valence-corrected chi connectivity index (χ2v) is 5.10. The highest BCUT2D eigenvalue weighted by molar-refractivity contribution is 6.04. The fourth-order valence-electron chi connectivity index (χ4n) is 1.96. The molecule has 0 saturated heterocycles. The van der Waals surface area contributed by atoms with Crippen LogP contribution in [0.4, 0.5) is 0 Å². The Morgan fingerprint density at radius 1 is 1.18 bits per heavy atom. The summed E-state index contributed by atoms with van der Waals surface area (Å²) in [6, 6.07) is 5.71. The molecule has 0 radical (unpaired) electrons. The van der Waals surface area contributed by atoms with Gasteiger partial charge in [-0.25, -0.2) is 4.79 Å². The molecule has 22 heavy (non-hydrogen) atoms. The fourth-order valence-corrected chi connectivity index (χ4v) is 1.96. The molecule has 0 saturated carbocycles. The van der Waals surface area contributed by atoms with Crippen LogP contribution in [-0.4, -0.2) is 40.1 Å². The molecule has 0 spiro atoms. The number of unbranched alkanes of at least 4 members (excludes halogenated alkanes) is 1. The lowest BCUT2D eigenvalue weighted by Crippen LogP contribution is -2.56. The van der Waals surface area contributed by atoms with Crippen LogP contribution < -0.4 is 11.1 Å². The molecule has 1 aromatic rings. The zero-order valence-electron chi connectivity index (χ0n) is 12.3. The molecular weight excluding hydrogens is 288 g/mol. The summed E-state index contributed by atoms with van der Waals surface area (Å²) >= 11 is 0. The molecule has 1 aromatic carbocycles. The van der Waals surface area contributed by atoms with E-state index in [2.05, 4.69) is 5.32 Å². The maximum absolute atomic E-state index is 12.1. The van der Waals surface area contributed by atoms with Gasteiger partial charge in [-0.05, 0) is 18.6 Å². The molecule has 5 N–H and O–H groups in total. The zero-order chi connectivity index (χ0) is 16.8. The Kier molecular flexibility index (Phi) is 6.06. The van der Waals surface area contributed by atoms with Crippen molar-refractivity contribution in [3.63, 3.8) is 0 Å². The number of carboxylic acids is 2. The number of carboxylic acid groups (broad SMARTS) is 2. The Morgan fingerprint density at radius 2 is 1.77 bits per heavy atom. The minimum Gasteiger partial charge on any atom is -0.480 e. The average Bonchev–Trinajstić information content (AvgIpc) is 2.50. The van der Waals surface area contributed by atoms with E-state index >= 15 is 0 Å². The van der Waals surface area contributed by atoms with Gasteiger partial charge in [-0.3, -0.25) is 9.59 Å². The molecule has 0 fully saturated rings. The number of hydrogen-bond acceptors (Lipinski definition) is 4. The van der Waals surface area contributed by atoms with Crippen LogP contribution in [0, 0.1) is 0 Å². The summed E-state index contributed by atoms with van der Waals surface area (Å²) in [5.41, 5.74) is 4.08. The number of nitrogens with two attached hydrogens (primary N) is 1. The third-order valence-electron chi connectivity index (χ3n) is 3.37. The molecule has 7 nitrogen and oxygen atoms in total. The lowest BCUT2D eigenvalue weighted by atomic mass is 9.93. The first kappa shape index (κ1) is 17.6. The summed E-state index contributed by atoms with van der Waals surface area (Å²) < 4.78 is 0. The van der Waals surface area contributed by atoms with E-state index in [9.17, 15) is 19.5 Å². The van der Waals surface area contributed by atoms with Crippen molar-refractivity contribution >= 4 is 17.8 Å². The molecule has 0 bridgehead atoms. The summed E-state index contributed by atoms with van der Waals surface area (Å²) in [4.78, 5) is 34.4. The van der Waals surface area contributed by atoms with Gasteiger partial charge < -0.3 is 21.3 Å². The predicted octanol–water partition coefficient (Wildman–Crippen LogP) is 1.09. The second kappa shape index (κ2) is 7.56. The van der Waals surface area contributed by atoms with Gasteiger partial charge in [-0.2, -0.15) is 0 Å². The number of hydrogen-bond donors (Lipinski definition) is 4. The molecule has 0 aromatic heterocycles. The van der Waals surface area contributed by atoms with Crippen LogP contribution in [0.5, 0.6) is 0 Å². The maximum atomic E-state index is 12.1. The highest BCUT2D eigenvalue weighted by Gasteiger charge is 2.34. The standard InChI is InChI=1S/C15H20N2O5/c1-2-3-8-15(16,14(21)22)9-17-12(18)10-6-4-5-7-11(10)13(19)20/h4-7H,2-3,8-9,16H2,1H3,(H,17,18)(H,19,20)(H,21,22)/t15-/m0/s1. The van der Waals surface area contributed by atoms with Gasteiger partial charge in [0.25, 0.3) is 5.91 Å². The Hall–Kier alpha value is -2.41. The van der Waals surface area contributed by atoms with Crippen LogP contribution in [0.2, 0.25) is 0 Å². The molecule has 120 valence electrons. The largest absolute Gasteiger partial charge is 0.480 e.